The van der Waals surface area contributed by atoms with Gasteiger partial charge in [-0.05, 0) is 63.7 Å². The summed E-state index contributed by atoms with van der Waals surface area (Å²) in [6.45, 7) is 3.42. The van der Waals surface area contributed by atoms with Gasteiger partial charge in [-0.15, -0.1) is 0 Å². The van der Waals surface area contributed by atoms with Crippen molar-refractivity contribution in [2.75, 3.05) is 23.7 Å². The molecular formula is C22H33N7O2S. The lowest BCUT2D eigenvalue weighted by Gasteiger charge is -2.45. The number of anilines is 3. The predicted molar refractivity (Wildman–Crippen MR) is 124 cm³/mol. The molecule has 32 heavy (non-hydrogen) atoms. The molecule has 2 aromatic rings. The van der Waals surface area contributed by atoms with Gasteiger partial charge in [0.2, 0.25) is 16.0 Å². The average Bonchev–Trinajstić information content (AvgIpc) is 3.56. The first-order chi connectivity index (χ1) is 15.3. The maximum Gasteiger partial charge on any atom is 0.229 e. The van der Waals surface area contributed by atoms with Gasteiger partial charge in [-0.2, -0.15) is 10.1 Å². The molecule has 0 unspecified atom stereocenters. The van der Waals surface area contributed by atoms with E-state index in [1.165, 1.54) is 0 Å². The SMILES string of the molecule is Cc1cnc(Nc2cnn(C)c2)nc1NC1CCC2(CC1)CCN(S(=O)(=O)C1CC1)CC2. The van der Waals surface area contributed by atoms with Gasteiger partial charge in [-0.3, -0.25) is 4.68 Å². The van der Waals surface area contributed by atoms with Gasteiger partial charge in [0.1, 0.15) is 5.82 Å². The minimum Gasteiger partial charge on any atom is -0.367 e. The van der Waals surface area contributed by atoms with Crippen molar-refractivity contribution >= 4 is 27.5 Å². The van der Waals surface area contributed by atoms with Crippen LogP contribution in [0.4, 0.5) is 17.5 Å². The molecule has 1 saturated heterocycles. The summed E-state index contributed by atoms with van der Waals surface area (Å²) in [5.74, 6) is 1.43. The summed E-state index contributed by atoms with van der Waals surface area (Å²) in [6, 6.07) is 0.383. The van der Waals surface area contributed by atoms with Crippen LogP contribution < -0.4 is 10.6 Å². The number of rotatable bonds is 6. The smallest absolute Gasteiger partial charge is 0.229 e. The Balaban J connectivity index is 1.16. The van der Waals surface area contributed by atoms with E-state index in [0.29, 0.717) is 30.5 Å². The molecule has 2 saturated carbocycles. The highest BCUT2D eigenvalue weighted by Gasteiger charge is 2.45. The molecule has 10 heteroatoms. The molecule has 174 valence electrons. The third-order valence-corrected chi connectivity index (χ3v) is 9.81. The summed E-state index contributed by atoms with van der Waals surface area (Å²) in [5, 5.41) is 10.9. The van der Waals surface area contributed by atoms with Crippen LogP contribution in [-0.4, -0.2) is 56.9 Å². The average molecular weight is 460 g/mol. The number of sulfonamides is 1. The summed E-state index contributed by atoms with van der Waals surface area (Å²) < 4.78 is 28.6. The molecular weight excluding hydrogens is 426 g/mol. The monoisotopic (exact) mass is 459 g/mol. The Morgan fingerprint density at radius 1 is 1.06 bits per heavy atom. The molecule has 3 aliphatic rings. The number of hydrogen-bond acceptors (Lipinski definition) is 7. The second-order valence-electron chi connectivity index (χ2n) is 9.81. The van der Waals surface area contributed by atoms with Crippen LogP contribution in [0.3, 0.4) is 0 Å². The van der Waals surface area contributed by atoms with Gasteiger partial charge < -0.3 is 10.6 Å². The fourth-order valence-corrected chi connectivity index (χ4v) is 6.97. The van der Waals surface area contributed by atoms with Gasteiger partial charge in [-0.25, -0.2) is 17.7 Å². The quantitative estimate of drug-likeness (QED) is 0.683. The zero-order chi connectivity index (χ0) is 22.3. The Hall–Kier alpha value is -2.20. The molecule has 2 aromatic heterocycles. The van der Waals surface area contributed by atoms with Gasteiger partial charge in [0.05, 0.1) is 17.1 Å². The molecule has 9 nitrogen and oxygen atoms in total. The van der Waals surface area contributed by atoms with E-state index in [-0.39, 0.29) is 5.25 Å². The van der Waals surface area contributed by atoms with E-state index in [9.17, 15) is 8.42 Å². The zero-order valence-corrected chi connectivity index (χ0v) is 19.7. The number of nitrogens with one attached hydrogen (secondary N) is 2. The molecule has 5 rings (SSSR count). The molecule has 0 amide bonds. The van der Waals surface area contributed by atoms with Crippen LogP contribution in [0.1, 0.15) is 56.9 Å². The van der Waals surface area contributed by atoms with Crippen LogP contribution >= 0.6 is 0 Å². The zero-order valence-electron chi connectivity index (χ0n) is 18.9. The lowest BCUT2D eigenvalue weighted by atomic mass is 9.67. The van der Waals surface area contributed by atoms with Crippen molar-refractivity contribution in [1.82, 2.24) is 24.1 Å². The Morgan fingerprint density at radius 3 is 2.41 bits per heavy atom. The van der Waals surface area contributed by atoms with Crippen LogP contribution in [0, 0.1) is 12.3 Å². The molecule has 1 aliphatic heterocycles. The number of aromatic nitrogens is 4. The van der Waals surface area contributed by atoms with Crippen LogP contribution in [0.25, 0.3) is 0 Å². The third-order valence-electron chi connectivity index (χ3n) is 7.41. The van der Waals surface area contributed by atoms with E-state index in [1.54, 1.807) is 15.2 Å². The second kappa shape index (κ2) is 8.30. The van der Waals surface area contributed by atoms with Crippen LogP contribution in [-0.2, 0) is 17.1 Å². The number of piperidine rings is 1. The summed E-state index contributed by atoms with van der Waals surface area (Å²) in [5.41, 5.74) is 2.19. The first-order valence-electron chi connectivity index (χ1n) is 11.7. The van der Waals surface area contributed by atoms with Crippen molar-refractivity contribution in [3.05, 3.63) is 24.2 Å². The van der Waals surface area contributed by atoms with Gasteiger partial charge in [0.15, 0.2) is 0 Å². The summed E-state index contributed by atoms with van der Waals surface area (Å²) in [6.07, 6.45) is 13.6. The summed E-state index contributed by atoms with van der Waals surface area (Å²) in [4.78, 5) is 9.09. The maximum atomic E-state index is 12.5. The maximum absolute atomic E-state index is 12.5. The number of hydrogen-bond donors (Lipinski definition) is 2. The Bertz CT molecular complexity index is 1060. The van der Waals surface area contributed by atoms with E-state index in [4.69, 9.17) is 4.98 Å². The molecule has 3 heterocycles. The van der Waals surface area contributed by atoms with Crippen LogP contribution in [0.5, 0.6) is 0 Å². The van der Waals surface area contributed by atoms with Crippen molar-refractivity contribution in [2.45, 2.75) is 69.6 Å². The van der Waals surface area contributed by atoms with E-state index >= 15 is 0 Å². The van der Waals surface area contributed by atoms with Crippen molar-refractivity contribution in [3.8, 4) is 0 Å². The van der Waals surface area contributed by atoms with Crippen molar-refractivity contribution in [3.63, 3.8) is 0 Å². The van der Waals surface area contributed by atoms with Gasteiger partial charge in [0, 0.05) is 44.1 Å². The fourth-order valence-electron chi connectivity index (χ4n) is 5.12. The lowest BCUT2D eigenvalue weighted by Crippen LogP contribution is -2.46. The van der Waals surface area contributed by atoms with E-state index in [0.717, 1.165) is 68.4 Å². The highest BCUT2D eigenvalue weighted by molar-refractivity contribution is 7.90. The van der Waals surface area contributed by atoms with Gasteiger partial charge in [0.25, 0.3) is 0 Å². The molecule has 0 aromatic carbocycles. The van der Waals surface area contributed by atoms with Gasteiger partial charge >= 0.3 is 0 Å². The van der Waals surface area contributed by atoms with E-state index < -0.39 is 10.0 Å². The standard InChI is InChI=1S/C22H33N7O2S/c1-16-13-23-21(26-18-14-24-28(2)15-18)27-20(16)25-17-5-7-22(8-6-17)9-11-29(12-10-22)32(30,31)19-3-4-19/h13-15,17,19H,3-12H2,1-2H3,(H2,23,25,26,27). The lowest BCUT2D eigenvalue weighted by molar-refractivity contribution is 0.0977. The molecule has 0 bridgehead atoms. The molecule has 0 radical (unpaired) electrons. The third kappa shape index (κ3) is 4.47. The van der Waals surface area contributed by atoms with Gasteiger partial charge in [-0.1, -0.05) is 0 Å². The van der Waals surface area contributed by atoms with Crippen molar-refractivity contribution in [1.29, 1.82) is 0 Å². The second-order valence-corrected chi connectivity index (χ2v) is 12.0. The first kappa shape index (κ1) is 21.6. The van der Waals surface area contributed by atoms with Crippen LogP contribution in [0.2, 0.25) is 0 Å². The summed E-state index contributed by atoms with van der Waals surface area (Å²) >= 11 is 0. The molecule has 1 spiro atoms. The molecule has 2 N–H and O–H groups in total. The Kier molecular flexibility index (Phi) is 5.61. The predicted octanol–water partition coefficient (Wildman–Crippen LogP) is 3.19. The topological polar surface area (TPSA) is 105 Å². The van der Waals surface area contributed by atoms with E-state index in [1.807, 2.05) is 26.4 Å². The summed E-state index contributed by atoms with van der Waals surface area (Å²) in [7, 11) is -1.16. The van der Waals surface area contributed by atoms with Crippen LogP contribution in [0.15, 0.2) is 18.6 Å². The van der Waals surface area contributed by atoms with Crippen molar-refractivity contribution < 1.29 is 8.42 Å². The minimum absolute atomic E-state index is 0.0925. The highest BCUT2D eigenvalue weighted by atomic mass is 32.2. The Morgan fingerprint density at radius 2 is 1.78 bits per heavy atom. The first-order valence-corrected chi connectivity index (χ1v) is 13.2. The minimum atomic E-state index is -3.03. The molecule has 0 atom stereocenters. The number of nitrogens with zero attached hydrogens (tertiary/aromatic N) is 5. The normalized spacial score (nSPS) is 22.2. The van der Waals surface area contributed by atoms with E-state index in [2.05, 4.69) is 20.7 Å². The molecule has 3 fully saturated rings. The number of aryl methyl sites for hydroxylation is 2. The largest absolute Gasteiger partial charge is 0.367 e. The molecule has 2 aliphatic carbocycles. The fraction of sp³-hybridized carbons (Fsp3) is 0.682. The van der Waals surface area contributed by atoms with Crippen molar-refractivity contribution in [2.24, 2.45) is 12.5 Å². The Labute approximate surface area is 190 Å². The highest BCUT2D eigenvalue weighted by Crippen LogP contribution is 2.46.